The maximum absolute atomic E-state index is 14.0. The Kier molecular flexibility index (Phi) is 5.55. The maximum atomic E-state index is 14.0. The van der Waals surface area contributed by atoms with Gasteiger partial charge in [-0.1, -0.05) is 92.7 Å². The predicted molar refractivity (Wildman–Crippen MR) is 136 cm³/mol. The molecule has 1 fully saturated rings. The van der Waals surface area contributed by atoms with Gasteiger partial charge < -0.3 is 4.74 Å². The van der Waals surface area contributed by atoms with Crippen LogP contribution in [0, 0.1) is 17.8 Å². The number of rotatable bonds is 6. The molecule has 6 nitrogen and oxygen atoms in total. The van der Waals surface area contributed by atoms with Crippen molar-refractivity contribution in [3.05, 3.63) is 107 Å². The van der Waals surface area contributed by atoms with E-state index in [4.69, 9.17) is 4.74 Å². The molecule has 3 aromatic rings. The first kappa shape index (κ1) is 23.3. The van der Waals surface area contributed by atoms with Gasteiger partial charge >= 0.3 is 5.97 Å². The van der Waals surface area contributed by atoms with Crippen molar-refractivity contribution in [3.63, 3.8) is 0 Å². The van der Waals surface area contributed by atoms with Crippen LogP contribution >= 0.6 is 0 Å². The van der Waals surface area contributed by atoms with Crippen molar-refractivity contribution in [2.24, 2.45) is 17.8 Å². The van der Waals surface area contributed by atoms with E-state index in [0.29, 0.717) is 5.56 Å². The van der Waals surface area contributed by atoms with Crippen LogP contribution in [-0.2, 0) is 19.1 Å². The third kappa shape index (κ3) is 3.46. The Morgan fingerprint density at radius 3 is 1.59 bits per heavy atom. The number of hydrogen-bond acceptors (Lipinski definition) is 5. The van der Waals surface area contributed by atoms with Gasteiger partial charge in [-0.15, -0.1) is 0 Å². The molecule has 1 heterocycles. The molecule has 3 aromatic carbocycles. The highest BCUT2D eigenvalue weighted by molar-refractivity contribution is 6.10. The number of ether oxygens (including phenoxy) is 1. The minimum Gasteiger partial charge on any atom is -0.456 e. The number of benzene rings is 3. The van der Waals surface area contributed by atoms with Crippen molar-refractivity contribution in [3.8, 4) is 0 Å². The zero-order valence-corrected chi connectivity index (χ0v) is 20.7. The van der Waals surface area contributed by atoms with Gasteiger partial charge in [0.25, 0.3) is 0 Å². The predicted octanol–water partition coefficient (Wildman–Crippen LogP) is 4.33. The van der Waals surface area contributed by atoms with E-state index in [1.54, 1.807) is 44.2 Å². The molecule has 37 heavy (non-hydrogen) atoms. The highest BCUT2D eigenvalue weighted by atomic mass is 16.5. The molecule has 3 aliphatic carbocycles. The third-order valence-corrected chi connectivity index (χ3v) is 8.07. The first-order chi connectivity index (χ1) is 17.9. The summed E-state index contributed by atoms with van der Waals surface area (Å²) in [4.78, 5) is 55.0. The standard InChI is InChI=1S/C31H27NO5/c1-17(2)28(31(36)37-16-23(33)18-10-4-3-5-11-18)32-29(34)26-24-19-12-6-7-13-20(19)25(27(26)30(32)35)22-15-9-8-14-21(22)24/h3-15,17,24-28H,16H2,1-2H3. The third-order valence-electron chi connectivity index (χ3n) is 8.07. The van der Waals surface area contributed by atoms with Crippen LogP contribution in [0.4, 0.5) is 0 Å². The number of ketones is 1. The summed E-state index contributed by atoms with van der Waals surface area (Å²) in [6.07, 6.45) is 0. The van der Waals surface area contributed by atoms with Crippen LogP contribution in [0.25, 0.3) is 0 Å². The van der Waals surface area contributed by atoms with Crippen molar-refractivity contribution in [2.75, 3.05) is 6.61 Å². The maximum Gasteiger partial charge on any atom is 0.330 e. The van der Waals surface area contributed by atoms with E-state index in [1.165, 1.54) is 0 Å². The number of hydrogen-bond donors (Lipinski definition) is 0. The summed E-state index contributed by atoms with van der Waals surface area (Å²) >= 11 is 0. The zero-order valence-electron chi connectivity index (χ0n) is 20.7. The van der Waals surface area contributed by atoms with E-state index in [9.17, 15) is 19.2 Å². The topological polar surface area (TPSA) is 80.8 Å². The molecule has 0 aromatic heterocycles. The molecule has 3 atom stereocenters. The molecular formula is C31H27NO5. The smallest absolute Gasteiger partial charge is 0.330 e. The highest BCUT2D eigenvalue weighted by Gasteiger charge is 2.63. The number of carbonyl (C=O) groups excluding carboxylic acids is 4. The van der Waals surface area contributed by atoms with E-state index >= 15 is 0 Å². The molecule has 0 N–H and O–H groups in total. The molecule has 2 amide bonds. The van der Waals surface area contributed by atoms with E-state index in [1.807, 2.05) is 48.5 Å². The van der Waals surface area contributed by atoms with Gasteiger partial charge in [-0.25, -0.2) is 4.79 Å². The van der Waals surface area contributed by atoms with E-state index in [0.717, 1.165) is 27.2 Å². The second kappa shape index (κ2) is 8.80. The van der Waals surface area contributed by atoms with Crippen molar-refractivity contribution >= 4 is 23.6 Å². The molecular weight excluding hydrogens is 466 g/mol. The van der Waals surface area contributed by atoms with Gasteiger partial charge in [-0.3, -0.25) is 19.3 Å². The van der Waals surface area contributed by atoms with Crippen LogP contribution in [0.5, 0.6) is 0 Å². The summed E-state index contributed by atoms with van der Waals surface area (Å²) < 4.78 is 5.40. The zero-order chi connectivity index (χ0) is 25.8. The summed E-state index contributed by atoms with van der Waals surface area (Å²) in [6.45, 7) is 3.12. The minimum absolute atomic E-state index is 0.243. The van der Waals surface area contributed by atoms with Gasteiger partial charge in [0.05, 0.1) is 11.8 Å². The van der Waals surface area contributed by atoms with Crippen molar-refractivity contribution in [2.45, 2.75) is 31.7 Å². The van der Waals surface area contributed by atoms with Crippen LogP contribution in [-0.4, -0.2) is 41.1 Å². The molecule has 0 saturated carbocycles. The van der Waals surface area contributed by atoms with E-state index in [2.05, 4.69) is 0 Å². The molecule has 3 unspecified atom stereocenters. The molecule has 186 valence electrons. The Balaban J connectivity index is 1.33. The molecule has 0 radical (unpaired) electrons. The Morgan fingerprint density at radius 1 is 0.730 bits per heavy atom. The van der Waals surface area contributed by atoms with E-state index in [-0.39, 0.29) is 35.4 Å². The van der Waals surface area contributed by atoms with Gasteiger partial charge in [0.1, 0.15) is 6.04 Å². The van der Waals surface area contributed by atoms with Crippen LogP contribution in [0.2, 0.25) is 0 Å². The summed E-state index contributed by atoms with van der Waals surface area (Å²) in [6, 6.07) is 23.5. The Hall–Kier alpha value is -4.06. The van der Waals surface area contributed by atoms with Crippen LogP contribution < -0.4 is 0 Å². The number of imide groups is 1. The summed E-state index contributed by atoms with van der Waals surface area (Å²) in [7, 11) is 0. The number of amides is 2. The molecule has 7 rings (SSSR count). The number of esters is 1. The van der Waals surface area contributed by atoms with Gasteiger partial charge in [0.2, 0.25) is 11.8 Å². The molecule has 6 heteroatoms. The summed E-state index contributed by atoms with van der Waals surface area (Å²) in [5.74, 6) is -3.74. The average Bonchev–Trinajstić information content (AvgIpc) is 3.18. The lowest BCUT2D eigenvalue weighted by Crippen LogP contribution is -2.49. The average molecular weight is 494 g/mol. The van der Waals surface area contributed by atoms with Crippen LogP contribution in [0.1, 0.15) is 58.3 Å². The molecule has 4 aliphatic rings. The monoisotopic (exact) mass is 493 g/mol. The molecule has 0 spiro atoms. The lowest BCUT2D eigenvalue weighted by molar-refractivity contribution is -0.160. The number of likely N-dealkylation sites (tertiary alicyclic amines) is 1. The normalized spacial score (nSPS) is 23.9. The second-order valence-electron chi connectivity index (χ2n) is 10.4. The molecule has 1 saturated heterocycles. The van der Waals surface area contributed by atoms with Gasteiger partial charge in [0.15, 0.2) is 12.4 Å². The minimum atomic E-state index is -1.10. The Bertz CT molecular complexity index is 1310. The lowest BCUT2D eigenvalue weighted by atomic mass is 9.55. The van der Waals surface area contributed by atoms with E-state index < -0.39 is 30.5 Å². The quantitative estimate of drug-likeness (QED) is 0.290. The van der Waals surface area contributed by atoms with Gasteiger partial charge in [-0.05, 0) is 28.2 Å². The SMILES string of the molecule is CC(C)C(C(=O)OCC(=O)c1ccccc1)N1C(=O)C2C3c4ccccc4C(c4ccccc43)C2C1=O. The first-order valence-corrected chi connectivity index (χ1v) is 12.7. The Labute approximate surface area is 215 Å². The number of nitrogens with zero attached hydrogens (tertiary/aromatic N) is 1. The van der Waals surface area contributed by atoms with Crippen LogP contribution in [0.15, 0.2) is 78.9 Å². The van der Waals surface area contributed by atoms with Crippen LogP contribution in [0.3, 0.4) is 0 Å². The first-order valence-electron chi connectivity index (χ1n) is 12.7. The fraction of sp³-hybridized carbons (Fsp3) is 0.290. The highest BCUT2D eigenvalue weighted by Crippen LogP contribution is 2.61. The molecule has 2 bridgehead atoms. The number of carbonyl (C=O) groups is 4. The summed E-state index contributed by atoms with van der Waals surface area (Å²) in [5, 5.41) is 0. The lowest BCUT2D eigenvalue weighted by Gasteiger charge is -2.45. The van der Waals surface area contributed by atoms with Crippen molar-refractivity contribution < 1.29 is 23.9 Å². The number of Topliss-reactive ketones (excluding diaryl/α,β-unsaturated/α-hetero) is 1. The second-order valence-corrected chi connectivity index (χ2v) is 10.4. The van der Waals surface area contributed by atoms with Crippen molar-refractivity contribution in [1.29, 1.82) is 0 Å². The van der Waals surface area contributed by atoms with Crippen molar-refractivity contribution in [1.82, 2.24) is 4.90 Å². The molecule has 1 aliphatic heterocycles. The van der Waals surface area contributed by atoms with Gasteiger partial charge in [-0.2, -0.15) is 0 Å². The summed E-state index contributed by atoms with van der Waals surface area (Å²) in [5.41, 5.74) is 4.74. The fourth-order valence-electron chi connectivity index (χ4n) is 6.58. The fourth-order valence-corrected chi connectivity index (χ4v) is 6.58. The Morgan fingerprint density at radius 2 is 1.16 bits per heavy atom. The largest absolute Gasteiger partial charge is 0.456 e. The van der Waals surface area contributed by atoms with Gasteiger partial charge in [0, 0.05) is 17.4 Å².